The number of imidazole rings is 1. The standard InChI is InChI=1S/C20H14N4/c21-11-15-8-9-22-19(10-15)20-13-24(14-23-20)12-17-6-3-5-16-4-1-2-7-18(16)17/h1-10,13-14H,12H2. The minimum atomic E-state index is 0.587. The quantitative estimate of drug-likeness (QED) is 0.574. The van der Waals surface area contributed by atoms with E-state index in [0.717, 1.165) is 12.2 Å². The van der Waals surface area contributed by atoms with Crippen molar-refractivity contribution < 1.29 is 0 Å². The maximum atomic E-state index is 9.01. The number of fused-ring (bicyclic) bond motifs is 1. The second kappa shape index (κ2) is 5.98. The number of hydrogen-bond donors (Lipinski definition) is 0. The van der Waals surface area contributed by atoms with Gasteiger partial charge in [-0.3, -0.25) is 4.98 Å². The van der Waals surface area contributed by atoms with Gasteiger partial charge < -0.3 is 4.57 Å². The van der Waals surface area contributed by atoms with Crippen LogP contribution in [0.2, 0.25) is 0 Å². The van der Waals surface area contributed by atoms with Crippen molar-refractivity contribution in [2.75, 3.05) is 0 Å². The lowest BCUT2D eigenvalue weighted by Gasteiger charge is -2.07. The van der Waals surface area contributed by atoms with Gasteiger partial charge in [0.15, 0.2) is 0 Å². The van der Waals surface area contributed by atoms with Crippen molar-refractivity contribution in [3.05, 3.63) is 84.4 Å². The predicted molar refractivity (Wildman–Crippen MR) is 93.2 cm³/mol. The third kappa shape index (κ3) is 2.64. The lowest BCUT2D eigenvalue weighted by Crippen LogP contribution is -1.97. The van der Waals surface area contributed by atoms with E-state index in [9.17, 15) is 0 Å². The summed E-state index contributed by atoms with van der Waals surface area (Å²) in [5.41, 5.74) is 3.32. The molecule has 0 fully saturated rings. The molecule has 0 saturated carbocycles. The Hall–Kier alpha value is -3.45. The van der Waals surface area contributed by atoms with Crippen molar-refractivity contribution in [1.29, 1.82) is 5.26 Å². The third-order valence-corrected chi connectivity index (χ3v) is 4.02. The van der Waals surface area contributed by atoms with Crippen LogP contribution in [0, 0.1) is 11.3 Å². The van der Waals surface area contributed by atoms with Crippen LogP contribution in [0.5, 0.6) is 0 Å². The highest BCUT2D eigenvalue weighted by molar-refractivity contribution is 5.85. The summed E-state index contributed by atoms with van der Waals surface area (Å²) < 4.78 is 2.04. The highest BCUT2D eigenvalue weighted by atomic mass is 15.0. The molecule has 0 radical (unpaired) electrons. The Bertz CT molecular complexity index is 1050. The first-order chi connectivity index (χ1) is 11.8. The SMILES string of the molecule is N#Cc1ccnc(-c2cn(Cc3cccc4ccccc34)cn2)c1. The molecule has 0 amide bonds. The zero-order valence-electron chi connectivity index (χ0n) is 12.9. The van der Waals surface area contributed by atoms with Crippen LogP contribution in [0.15, 0.2) is 73.3 Å². The summed E-state index contributed by atoms with van der Waals surface area (Å²) >= 11 is 0. The second-order valence-electron chi connectivity index (χ2n) is 5.61. The molecule has 4 nitrogen and oxygen atoms in total. The molecule has 4 aromatic rings. The minimum absolute atomic E-state index is 0.587. The maximum Gasteiger partial charge on any atom is 0.107 e. The lowest BCUT2D eigenvalue weighted by atomic mass is 10.0. The first-order valence-electron chi connectivity index (χ1n) is 7.68. The van der Waals surface area contributed by atoms with Crippen LogP contribution in [0.1, 0.15) is 11.1 Å². The first-order valence-corrected chi connectivity index (χ1v) is 7.68. The van der Waals surface area contributed by atoms with Crippen LogP contribution in [0.25, 0.3) is 22.2 Å². The number of benzene rings is 2. The van der Waals surface area contributed by atoms with Gasteiger partial charge in [-0.1, -0.05) is 42.5 Å². The molecule has 2 aromatic heterocycles. The van der Waals surface area contributed by atoms with Crippen molar-refractivity contribution in [2.24, 2.45) is 0 Å². The molecule has 2 aromatic carbocycles. The van der Waals surface area contributed by atoms with Crippen molar-refractivity contribution in [1.82, 2.24) is 14.5 Å². The van der Waals surface area contributed by atoms with Gasteiger partial charge in [0.1, 0.15) is 5.69 Å². The molecule has 0 aliphatic heterocycles. The molecule has 0 unspecified atom stereocenters. The van der Waals surface area contributed by atoms with Crippen molar-refractivity contribution in [3.8, 4) is 17.5 Å². The average Bonchev–Trinajstić information content (AvgIpc) is 3.11. The molecule has 0 aliphatic rings. The average molecular weight is 310 g/mol. The van der Waals surface area contributed by atoms with Crippen molar-refractivity contribution in [3.63, 3.8) is 0 Å². The molecule has 4 heteroatoms. The largest absolute Gasteiger partial charge is 0.332 e. The first kappa shape index (κ1) is 14.2. The Labute approximate surface area is 139 Å². The topological polar surface area (TPSA) is 54.5 Å². The van der Waals surface area contributed by atoms with E-state index < -0.39 is 0 Å². The van der Waals surface area contributed by atoms with Gasteiger partial charge in [-0.25, -0.2) is 4.98 Å². The van der Waals surface area contributed by atoms with Crippen LogP contribution in [-0.2, 0) is 6.54 Å². The third-order valence-electron chi connectivity index (χ3n) is 4.02. The van der Waals surface area contributed by atoms with Gasteiger partial charge in [0.25, 0.3) is 0 Å². The Balaban J connectivity index is 1.67. The van der Waals surface area contributed by atoms with E-state index in [-0.39, 0.29) is 0 Å². The monoisotopic (exact) mass is 310 g/mol. The number of hydrogen-bond acceptors (Lipinski definition) is 3. The summed E-state index contributed by atoms with van der Waals surface area (Å²) in [7, 11) is 0. The molecule has 0 atom stereocenters. The van der Waals surface area contributed by atoms with Gasteiger partial charge in [0.2, 0.25) is 0 Å². The lowest BCUT2D eigenvalue weighted by molar-refractivity contribution is 0.803. The predicted octanol–water partition coefficient (Wildman–Crippen LogP) is 4.02. The van der Waals surface area contributed by atoms with E-state index in [0.29, 0.717) is 11.3 Å². The summed E-state index contributed by atoms with van der Waals surface area (Å²) in [5, 5.41) is 11.5. The minimum Gasteiger partial charge on any atom is -0.332 e. The zero-order chi connectivity index (χ0) is 16.4. The molecular weight excluding hydrogens is 296 g/mol. The van der Waals surface area contributed by atoms with E-state index in [4.69, 9.17) is 5.26 Å². The normalized spacial score (nSPS) is 10.6. The fourth-order valence-electron chi connectivity index (χ4n) is 2.85. The molecular formula is C20H14N4. The molecule has 4 rings (SSSR count). The number of nitriles is 1. The Morgan fingerprint density at radius 2 is 1.83 bits per heavy atom. The molecule has 24 heavy (non-hydrogen) atoms. The van der Waals surface area contributed by atoms with Gasteiger partial charge in [0, 0.05) is 18.9 Å². The molecule has 0 bridgehead atoms. The molecule has 2 heterocycles. The van der Waals surface area contributed by atoms with Gasteiger partial charge in [0.05, 0.1) is 23.7 Å². The van der Waals surface area contributed by atoms with Gasteiger partial charge in [-0.2, -0.15) is 5.26 Å². The van der Waals surface area contributed by atoms with E-state index in [1.807, 2.05) is 10.8 Å². The summed E-state index contributed by atoms with van der Waals surface area (Å²) in [6.07, 6.45) is 5.40. The van der Waals surface area contributed by atoms with Crippen LogP contribution < -0.4 is 0 Å². The number of pyridine rings is 1. The van der Waals surface area contributed by atoms with Crippen LogP contribution >= 0.6 is 0 Å². The molecule has 0 spiro atoms. The van der Waals surface area contributed by atoms with E-state index in [1.165, 1.54) is 16.3 Å². The molecule has 114 valence electrons. The van der Waals surface area contributed by atoms with Crippen molar-refractivity contribution >= 4 is 10.8 Å². The summed E-state index contributed by atoms with van der Waals surface area (Å²) in [5.74, 6) is 0. The highest BCUT2D eigenvalue weighted by Crippen LogP contribution is 2.21. The Morgan fingerprint density at radius 1 is 0.958 bits per heavy atom. The molecule has 0 aliphatic carbocycles. The Kier molecular flexibility index (Phi) is 3.53. The number of rotatable bonds is 3. The molecule has 0 N–H and O–H groups in total. The summed E-state index contributed by atoms with van der Waals surface area (Å²) in [4.78, 5) is 8.73. The second-order valence-corrected chi connectivity index (χ2v) is 5.61. The van der Waals surface area contributed by atoms with Crippen LogP contribution in [0.4, 0.5) is 0 Å². The van der Waals surface area contributed by atoms with E-state index >= 15 is 0 Å². The van der Waals surface area contributed by atoms with Gasteiger partial charge in [-0.05, 0) is 28.5 Å². The summed E-state index contributed by atoms with van der Waals surface area (Å²) in [6, 6.07) is 20.3. The smallest absolute Gasteiger partial charge is 0.107 e. The number of nitrogens with zero attached hydrogens (tertiary/aromatic N) is 4. The van der Waals surface area contributed by atoms with Crippen molar-refractivity contribution in [2.45, 2.75) is 6.54 Å². The van der Waals surface area contributed by atoms with Crippen LogP contribution in [-0.4, -0.2) is 14.5 Å². The van der Waals surface area contributed by atoms with Gasteiger partial charge >= 0.3 is 0 Å². The zero-order valence-corrected chi connectivity index (χ0v) is 12.9. The fourth-order valence-corrected chi connectivity index (χ4v) is 2.85. The highest BCUT2D eigenvalue weighted by Gasteiger charge is 2.06. The van der Waals surface area contributed by atoms with E-state index in [2.05, 4.69) is 58.5 Å². The Morgan fingerprint density at radius 3 is 2.75 bits per heavy atom. The molecule has 0 saturated heterocycles. The maximum absolute atomic E-state index is 9.01. The fraction of sp³-hybridized carbons (Fsp3) is 0.0500. The summed E-state index contributed by atoms with van der Waals surface area (Å²) in [6.45, 7) is 0.742. The van der Waals surface area contributed by atoms with Crippen LogP contribution in [0.3, 0.4) is 0 Å². The number of aromatic nitrogens is 3. The van der Waals surface area contributed by atoms with Gasteiger partial charge in [-0.15, -0.1) is 0 Å². The van der Waals surface area contributed by atoms with E-state index in [1.54, 1.807) is 24.7 Å².